The summed E-state index contributed by atoms with van der Waals surface area (Å²) in [6.07, 6.45) is 4.60. The van der Waals surface area contributed by atoms with Crippen molar-refractivity contribution in [1.82, 2.24) is 4.90 Å². The molecule has 2 aromatic rings. The Morgan fingerprint density at radius 1 is 1.13 bits per heavy atom. The van der Waals surface area contributed by atoms with Gasteiger partial charge >= 0.3 is 0 Å². The summed E-state index contributed by atoms with van der Waals surface area (Å²) in [5, 5.41) is 14.3. The number of nitrogens with one attached hydrogen (secondary N) is 2. The van der Waals surface area contributed by atoms with Gasteiger partial charge in [-0.25, -0.2) is 0 Å². The summed E-state index contributed by atoms with van der Waals surface area (Å²) < 4.78 is 26.5. The highest BCUT2D eigenvalue weighted by Gasteiger charge is 2.31. The monoisotopic (exact) mass is 577 g/mol. The predicted octanol–water partition coefficient (Wildman–Crippen LogP) is 3.66. The summed E-state index contributed by atoms with van der Waals surface area (Å²) in [6, 6.07) is 12.6. The van der Waals surface area contributed by atoms with E-state index in [2.05, 4.69) is 14.5 Å². The van der Waals surface area contributed by atoms with E-state index in [0.717, 1.165) is 48.9 Å². The number of hydrogen-bond donors (Lipinski definition) is 3. The molecule has 2 aliphatic heterocycles. The number of fused-ring (bicyclic) bond motifs is 1. The highest BCUT2D eigenvalue weighted by molar-refractivity contribution is 7.79. The van der Waals surface area contributed by atoms with E-state index in [1.165, 1.54) is 24.8 Å². The normalized spacial score (nSPS) is 16.6. The Morgan fingerprint density at radius 2 is 1.79 bits per heavy atom. The molecular weight excluding hydrogens is 540 g/mol. The van der Waals surface area contributed by atoms with Gasteiger partial charge in [-0.05, 0) is 84.9 Å². The third kappa shape index (κ3) is 8.29. The second-order valence-corrected chi connectivity index (χ2v) is 10.5. The smallest absolute Gasteiger partial charge is 0.245 e. The Kier molecular flexibility index (Phi) is 10.9. The Labute approximate surface area is 239 Å². The highest BCUT2D eigenvalue weighted by atomic mass is 35.5. The first-order chi connectivity index (χ1) is 18.6. The minimum atomic E-state index is -2.21. The number of halogens is 1. The maximum Gasteiger partial charge on any atom is 0.245 e. The first-order valence-corrected chi connectivity index (χ1v) is 14.0. The van der Waals surface area contributed by atoms with Crippen molar-refractivity contribution in [3.05, 3.63) is 65.2 Å². The third-order valence-electron chi connectivity index (χ3n) is 6.64. The van der Waals surface area contributed by atoms with Crippen LogP contribution < -0.4 is 15.5 Å². The number of ether oxygens (including phenoxy) is 1. The molecule has 0 aliphatic carbocycles. The van der Waals surface area contributed by atoms with E-state index < -0.39 is 11.1 Å². The van der Waals surface area contributed by atoms with E-state index in [-0.39, 0.29) is 31.4 Å². The summed E-state index contributed by atoms with van der Waals surface area (Å²) in [5.74, 6) is 0.0524. The van der Waals surface area contributed by atoms with Crippen LogP contribution in [0.15, 0.2) is 59.5 Å². The predicted molar refractivity (Wildman–Crippen MR) is 159 cm³/mol. The number of amides is 1. The van der Waals surface area contributed by atoms with Gasteiger partial charge in [0.25, 0.3) is 0 Å². The van der Waals surface area contributed by atoms with Gasteiger partial charge in [-0.15, -0.1) is 0 Å². The van der Waals surface area contributed by atoms with Crippen molar-refractivity contribution in [2.45, 2.75) is 30.7 Å². The van der Waals surface area contributed by atoms with Gasteiger partial charge in [0.15, 0.2) is 0 Å². The molecule has 0 aromatic heterocycles. The number of aryl methyl sites for hydroxylation is 1. The molecular formula is C27H38ClN6O4S-. The van der Waals surface area contributed by atoms with Crippen LogP contribution in [0.4, 0.5) is 11.4 Å². The third-order valence-corrected chi connectivity index (χ3v) is 7.53. The molecule has 0 radical (unpaired) electrons. The first-order valence-electron chi connectivity index (χ1n) is 12.5. The molecule has 2 atom stereocenters. The minimum Gasteiger partial charge on any atom is -0.768 e. The average Bonchev–Trinajstić information content (AvgIpc) is 2.95. The molecule has 10 nitrogen and oxygen atoms in total. The highest BCUT2D eigenvalue weighted by Crippen LogP contribution is 2.31. The molecule has 0 spiro atoms. The van der Waals surface area contributed by atoms with Crippen LogP contribution in [0, 0.1) is 10.8 Å². The summed E-state index contributed by atoms with van der Waals surface area (Å²) in [6.45, 7) is 5.61. The number of carbonyl (C=O) groups excluding carboxylic acids is 1. The number of carbonyl (C=O) groups is 1. The molecule has 0 bridgehead atoms. The number of nitrogens with two attached hydrogens (primary N) is 1. The van der Waals surface area contributed by atoms with Gasteiger partial charge in [0.1, 0.15) is 11.9 Å². The van der Waals surface area contributed by atoms with Crippen LogP contribution in [0.2, 0.25) is 5.02 Å². The molecule has 214 valence electrons. The lowest BCUT2D eigenvalue weighted by Crippen LogP contribution is -2.55. The van der Waals surface area contributed by atoms with E-state index in [4.69, 9.17) is 28.2 Å². The molecule has 39 heavy (non-hydrogen) atoms. The lowest BCUT2D eigenvalue weighted by Gasteiger charge is -2.41. The molecule has 4 N–H and O–H groups in total. The van der Waals surface area contributed by atoms with Gasteiger partial charge in [0, 0.05) is 62.9 Å². The number of rotatable bonds is 6. The van der Waals surface area contributed by atoms with Gasteiger partial charge in [0.2, 0.25) is 11.8 Å². The molecule has 4 rings (SSSR count). The van der Waals surface area contributed by atoms with Gasteiger partial charge in [-0.3, -0.25) is 19.8 Å². The minimum absolute atomic E-state index is 0. The van der Waals surface area contributed by atoms with Crippen LogP contribution in [0.25, 0.3) is 0 Å². The number of anilines is 2. The fourth-order valence-corrected chi connectivity index (χ4v) is 5.13. The SMILES string of the molecule is COC(=N)/C=C\C(=N)N.C[C@H](C(=O)N1CCN(c2ccc(S(=O)[O-])cc2)CC1)N1CCCc2cc(Cl)ccc21.[HH].[HH]. The van der Waals surface area contributed by atoms with Gasteiger partial charge in [0.05, 0.1) is 7.11 Å². The molecule has 1 fully saturated rings. The second-order valence-electron chi connectivity index (χ2n) is 9.14. The molecule has 2 aromatic carbocycles. The van der Waals surface area contributed by atoms with Gasteiger partial charge < -0.3 is 29.7 Å². The summed E-state index contributed by atoms with van der Waals surface area (Å²) in [5.41, 5.74) is 8.24. The van der Waals surface area contributed by atoms with Gasteiger partial charge in [-0.1, -0.05) is 11.6 Å². The van der Waals surface area contributed by atoms with E-state index in [1.807, 2.05) is 42.2 Å². The van der Waals surface area contributed by atoms with Crippen molar-refractivity contribution in [3.63, 3.8) is 0 Å². The summed E-state index contributed by atoms with van der Waals surface area (Å²) in [4.78, 5) is 19.8. The van der Waals surface area contributed by atoms with Crippen LogP contribution >= 0.6 is 11.6 Å². The van der Waals surface area contributed by atoms with Crippen LogP contribution in [-0.4, -0.2) is 77.2 Å². The second kappa shape index (κ2) is 14.1. The Hall–Kier alpha value is -3.41. The van der Waals surface area contributed by atoms with E-state index in [0.29, 0.717) is 13.1 Å². The van der Waals surface area contributed by atoms with Crippen LogP contribution in [-0.2, 0) is 27.0 Å². The van der Waals surface area contributed by atoms with Gasteiger partial charge in [-0.2, -0.15) is 0 Å². The summed E-state index contributed by atoms with van der Waals surface area (Å²) >= 11 is 3.93. The molecule has 1 amide bonds. The number of methoxy groups -OCH3 is 1. The lowest BCUT2D eigenvalue weighted by molar-refractivity contribution is -0.132. The largest absolute Gasteiger partial charge is 0.768 e. The number of amidine groups is 1. The summed E-state index contributed by atoms with van der Waals surface area (Å²) in [7, 11) is 1.38. The average molecular weight is 578 g/mol. The van der Waals surface area contributed by atoms with E-state index >= 15 is 0 Å². The van der Waals surface area contributed by atoms with Crippen LogP contribution in [0.5, 0.6) is 0 Å². The molecule has 1 saturated heterocycles. The number of hydrogen-bond acceptors (Lipinski definition) is 8. The van der Waals surface area contributed by atoms with Crippen molar-refractivity contribution < 1.29 is 21.1 Å². The standard InChI is InChI=1S/C22H26ClN3O3S.C5H9N3O.2H2/c1-16(26-10-2-3-17-15-18(23)4-9-21(17)26)22(27)25-13-11-24(12-14-25)19-5-7-20(8-6-19)30(28)29;1-9-5(8)3-2-4(6)7;;/h4-9,15-16H,2-3,10-14H2,1H3,(H,28,29);2-3,8H,1H3,(H3,6,7);2*1H/p-1/b;3-2-,8-5?;;/t16-;;;/m1.../s1. The fourth-order valence-electron chi connectivity index (χ4n) is 4.58. The van der Waals surface area contributed by atoms with Crippen molar-refractivity contribution in [2.24, 2.45) is 5.73 Å². The Morgan fingerprint density at radius 3 is 2.38 bits per heavy atom. The maximum atomic E-state index is 13.2. The maximum absolute atomic E-state index is 13.2. The number of benzene rings is 2. The van der Waals surface area contributed by atoms with E-state index in [1.54, 1.807) is 12.1 Å². The molecule has 2 aliphatic rings. The Bertz CT molecular complexity index is 1240. The van der Waals surface area contributed by atoms with Crippen molar-refractivity contribution in [1.29, 1.82) is 10.8 Å². The van der Waals surface area contributed by atoms with Crippen LogP contribution in [0.3, 0.4) is 0 Å². The zero-order chi connectivity index (χ0) is 28.5. The topological polar surface area (TPSA) is 150 Å². The molecule has 2 heterocycles. The zero-order valence-electron chi connectivity index (χ0n) is 22.1. The zero-order valence-corrected chi connectivity index (χ0v) is 23.6. The molecule has 12 heteroatoms. The van der Waals surface area contributed by atoms with E-state index in [9.17, 15) is 13.6 Å². The number of piperazine rings is 1. The number of nitrogens with zero attached hydrogens (tertiary/aromatic N) is 3. The van der Waals surface area contributed by atoms with Crippen molar-refractivity contribution >= 4 is 51.7 Å². The fraction of sp³-hybridized carbons (Fsp3) is 0.370. The first kappa shape index (κ1) is 30.1. The van der Waals surface area contributed by atoms with Crippen LogP contribution in [0.1, 0.15) is 21.8 Å². The molecule has 0 saturated carbocycles. The van der Waals surface area contributed by atoms with Crippen molar-refractivity contribution in [2.75, 3.05) is 49.6 Å². The quantitative estimate of drug-likeness (QED) is 0.269. The van der Waals surface area contributed by atoms with Crippen molar-refractivity contribution in [3.8, 4) is 0 Å². The Balaban J connectivity index is 0.000000666. The lowest BCUT2D eigenvalue weighted by atomic mass is 10.00. The molecule has 1 unspecified atom stereocenters.